The van der Waals surface area contributed by atoms with E-state index in [9.17, 15) is 13.2 Å². The minimum Gasteiger partial charge on any atom is -0.352 e. The number of nitrogens with one attached hydrogen (secondary N) is 1. The molecule has 128 valence electrons. The van der Waals surface area contributed by atoms with E-state index in [1.165, 1.54) is 0 Å². The normalized spacial score (nSPS) is 17.0. The molecule has 1 aromatic rings. The molecule has 1 aliphatic rings. The summed E-state index contributed by atoms with van der Waals surface area (Å²) < 4.78 is 26.9. The Morgan fingerprint density at radius 1 is 1.17 bits per heavy atom. The fourth-order valence-electron chi connectivity index (χ4n) is 2.52. The molecule has 1 fully saturated rings. The van der Waals surface area contributed by atoms with Crippen LogP contribution in [0.4, 0.5) is 0 Å². The molecule has 6 heteroatoms. The van der Waals surface area contributed by atoms with Crippen LogP contribution in [0.15, 0.2) is 29.2 Å². The molecular weight excluding hydrogens is 312 g/mol. The van der Waals surface area contributed by atoms with Gasteiger partial charge in [-0.15, -0.1) is 0 Å². The SMILES string of the molecule is CC(C)(C)C(=O)NCc1cccc(S(=O)(=O)N2CCCCC2)c1. The maximum atomic E-state index is 12.7. The van der Waals surface area contributed by atoms with E-state index >= 15 is 0 Å². The Bertz CT molecular complexity index is 657. The van der Waals surface area contributed by atoms with Gasteiger partial charge in [-0.1, -0.05) is 39.3 Å². The topological polar surface area (TPSA) is 66.5 Å². The molecule has 0 spiro atoms. The van der Waals surface area contributed by atoms with E-state index in [2.05, 4.69) is 5.32 Å². The van der Waals surface area contributed by atoms with Gasteiger partial charge in [0, 0.05) is 25.0 Å². The summed E-state index contributed by atoms with van der Waals surface area (Å²) in [5.74, 6) is -0.0539. The van der Waals surface area contributed by atoms with E-state index in [1.54, 1.807) is 22.5 Å². The van der Waals surface area contributed by atoms with Crippen LogP contribution in [0.25, 0.3) is 0 Å². The molecule has 0 bridgehead atoms. The average molecular weight is 338 g/mol. The molecule has 1 aliphatic heterocycles. The second-order valence-electron chi connectivity index (χ2n) is 7.04. The highest BCUT2D eigenvalue weighted by atomic mass is 32.2. The summed E-state index contributed by atoms with van der Waals surface area (Å²) in [6.07, 6.45) is 2.92. The second kappa shape index (κ2) is 7.01. The maximum absolute atomic E-state index is 12.7. The van der Waals surface area contributed by atoms with Gasteiger partial charge in [0.1, 0.15) is 0 Å². The van der Waals surface area contributed by atoms with Crippen molar-refractivity contribution < 1.29 is 13.2 Å². The standard InChI is InChI=1S/C17H26N2O3S/c1-17(2,3)16(20)18-13-14-8-7-9-15(12-14)23(21,22)19-10-5-4-6-11-19/h7-9,12H,4-6,10-11,13H2,1-3H3,(H,18,20). The minimum atomic E-state index is -3.43. The number of hydrogen-bond acceptors (Lipinski definition) is 3. The lowest BCUT2D eigenvalue weighted by Crippen LogP contribution is -2.36. The molecule has 5 nitrogen and oxygen atoms in total. The molecule has 0 radical (unpaired) electrons. The maximum Gasteiger partial charge on any atom is 0.243 e. The first-order valence-electron chi connectivity index (χ1n) is 8.09. The van der Waals surface area contributed by atoms with Crippen molar-refractivity contribution in [3.8, 4) is 0 Å². The molecule has 1 amide bonds. The Labute approximate surface area is 139 Å². The van der Waals surface area contributed by atoms with Gasteiger partial charge < -0.3 is 5.32 Å². The molecule has 1 saturated heterocycles. The lowest BCUT2D eigenvalue weighted by molar-refractivity contribution is -0.128. The number of benzene rings is 1. The summed E-state index contributed by atoms with van der Waals surface area (Å²) in [5, 5.41) is 2.85. The van der Waals surface area contributed by atoms with Gasteiger partial charge in [-0.05, 0) is 30.5 Å². The van der Waals surface area contributed by atoms with Crippen LogP contribution in [0.5, 0.6) is 0 Å². The molecule has 0 saturated carbocycles. The number of sulfonamides is 1. The van der Waals surface area contributed by atoms with E-state index in [4.69, 9.17) is 0 Å². The molecule has 1 aromatic carbocycles. The third kappa shape index (κ3) is 4.54. The molecule has 2 rings (SSSR count). The zero-order valence-electron chi connectivity index (χ0n) is 14.1. The Kier molecular flexibility index (Phi) is 5.47. The fourth-order valence-corrected chi connectivity index (χ4v) is 4.11. The highest BCUT2D eigenvalue weighted by molar-refractivity contribution is 7.89. The quantitative estimate of drug-likeness (QED) is 0.917. The Hall–Kier alpha value is -1.40. The molecule has 0 atom stereocenters. The highest BCUT2D eigenvalue weighted by Gasteiger charge is 2.26. The first-order valence-corrected chi connectivity index (χ1v) is 9.53. The molecule has 0 aromatic heterocycles. The number of hydrogen-bond donors (Lipinski definition) is 1. The monoisotopic (exact) mass is 338 g/mol. The van der Waals surface area contributed by atoms with Crippen LogP contribution >= 0.6 is 0 Å². The van der Waals surface area contributed by atoms with Crippen molar-refractivity contribution in [3.63, 3.8) is 0 Å². The summed E-state index contributed by atoms with van der Waals surface area (Å²) in [6, 6.07) is 6.85. The molecule has 0 aliphatic carbocycles. The van der Waals surface area contributed by atoms with Crippen molar-refractivity contribution >= 4 is 15.9 Å². The minimum absolute atomic E-state index is 0.0539. The predicted molar refractivity (Wildman–Crippen MR) is 90.4 cm³/mol. The van der Waals surface area contributed by atoms with Crippen molar-refractivity contribution in [2.75, 3.05) is 13.1 Å². The van der Waals surface area contributed by atoms with Gasteiger partial charge in [0.15, 0.2) is 0 Å². The summed E-state index contributed by atoms with van der Waals surface area (Å²) >= 11 is 0. The Balaban J connectivity index is 2.11. The number of rotatable bonds is 4. The van der Waals surface area contributed by atoms with Crippen molar-refractivity contribution in [3.05, 3.63) is 29.8 Å². The lowest BCUT2D eigenvalue weighted by atomic mass is 9.95. The van der Waals surface area contributed by atoms with Crippen LogP contribution in [0.3, 0.4) is 0 Å². The van der Waals surface area contributed by atoms with Gasteiger partial charge in [0.25, 0.3) is 0 Å². The zero-order valence-corrected chi connectivity index (χ0v) is 14.9. The van der Waals surface area contributed by atoms with Gasteiger partial charge in [-0.3, -0.25) is 4.79 Å². The summed E-state index contributed by atoms with van der Waals surface area (Å²) in [6.45, 7) is 7.05. The zero-order chi connectivity index (χ0) is 17.1. The van der Waals surface area contributed by atoms with Gasteiger partial charge in [0.2, 0.25) is 15.9 Å². The third-order valence-corrected chi connectivity index (χ3v) is 5.88. The lowest BCUT2D eigenvalue weighted by Gasteiger charge is -2.26. The van der Waals surface area contributed by atoms with Crippen molar-refractivity contribution in [1.82, 2.24) is 9.62 Å². The smallest absolute Gasteiger partial charge is 0.243 e. The fraction of sp³-hybridized carbons (Fsp3) is 0.588. The van der Waals surface area contributed by atoms with E-state index in [-0.39, 0.29) is 5.91 Å². The predicted octanol–water partition coefficient (Wildman–Crippen LogP) is 2.52. The van der Waals surface area contributed by atoms with Gasteiger partial charge >= 0.3 is 0 Å². The first kappa shape index (κ1) is 17.9. The van der Waals surface area contributed by atoms with Crippen molar-refractivity contribution in [1.29, 1.82) is 0 Å². The Morgan fingerprint density at radius 3 is 2.43 bits per heavy atom. The second-order valence-corrected chi connectivity index (χ2v) is 8.98. The van der Waals surface area contributed by atoms with E-state index in [0.717, 1.165) is 24.8 Å². The highest BCUT2D eigenvalue weighted by Crippen LogP contribution is 2.21. The molecule has 0 unspecified atom stereocenters. The largest absolute Gasteiger partial charge is 0.352 e. The van der Waals surface area contributed by atoms with Gasteiger partial charge in [0.05, 0.1) is 4.90 Å². The Morgan fingerprint density at radius 2 is 1.83 bits per heavy atom. The van der Waals surface area contributed by atoms with E-state index in [0.29, 0.717) is 24.5 Å². The molecule has 1 heterocycles. The summed E-state index contributed by atoms with van der Waals surface area (Å²) in [4.78, 5) is 12.2. The van der Waals surface area contributed by atoms with Crippen LogP contribution < -0.4 is 5.32 Å². The van der Waals surface area contributed by atoms with Crippen molar-refractivity contribution in [2.24, 2.45) is 5.41 Å². The number of amides is 1. The number of piperidine rings is 1. The average Bonchev–Trinajstić information content (AvgIpc) is 2.52. The third-order valence-electron chi connectivity index (χ3n) is 3.99. The van der Waals surface area contributed by atoms with Crippen LogP contribution in [0.2, 0.25) is 0 Å². The van der Waals surface area contributed by atoms with Crippen LogP contribution in [0.1, 0.15) is 45.6 Å². The first-order chi connectivity index (χ1) is 10.7. The van der Waals surface area contributed by atoms with Crippen LogP contribution in [-0.2, 0) is 21.4 Å². The molecule has 23 heavy (non-hydrogen) atoms. The van der Waals surface area contributed by atoms with Crippen LogP contribution in [-0.4, -0.2) is 31.7 Å². The molecule has 1 N–H and O–H groups in total. The van der Waals surface area contributed by atoms with E-state index in [1.807, 2.05) is 26.8 Å². The van der Waals surface area contributed by atoms with Gasteiger partial charge in [-0.2, -0.15) is 4.31 Å². The van der Waals surface area contributed by atoms with Crippen molar-refractivity contribution in [2.45, 2.75) is 51.5 Å². The molecular formula is C17H26N2O3S. The summed E-state index contributed by atoms with van der Waals surface area (Å²) in [5.41, 5.74) is 0.331. The number of carbonyl (C=O) groups excluding carboxylic acids is 1. The van der Waals surface area contributed by atoms with E-state index < -0.39 is 15.4 Å². The number of nitrogens with zero attached hydrogens (tertiary/aromatic N) is 1. The summed E-state index contributed by atoms with van der Waals surface area (Å²) in [7, 11) is -3.43. The number of carbonyl (C=O) groups is 1. The van der Waals surface area contributed by atoms with Crippen LogP contribution in [0, 0.1) is 5.41 Å². The van der Waals surface area contributed by atoms with Gasteiger partial charge in [-0.25, -0.2) is 8.42 Å².